The van der Waals surface area contributed by atoms with Crippen LogP contribution in [0.2, 0.25) is 0 Å². The second kappa shape index (κ2) is 12.7. The Morgan fingerprint density at radius 1 is 1.07 bits per heavy atom. The Hall–Kier alpha value is -4.15. The van der Waals surface area contributed by atoms with Crippen LogP contribution in [-0.4, -0.2) is 62.8 Å². The van der Waals surface area contributed by atoms with Crippen molar-refractivity contribution in [2.75, 3.05) is 50.2 Å². The lowest BCUT2D eigenvalue weighted by atomic mass is 9.74. The molecule has 0 bridgehead atoms. The van der Waals surface area contributed by atoms with E-state index in [1.54, 1.807) is 13.0 Å². The third-order valence-electron chi connectivity index (χ3n) is 9.79. The van der Waals surface area contributed by atoms with Crippen molar-refractivity contribution in [1.82, 2.24) is 15.6 Å². The van der Waals surface area contributed by atoms with Crippen molar-refractivity contribution in [3.8, 4) is 16.9 Å². The standard InChI is InChI=1S/C35H43N5O5/c1-5-40(25-8-14-45-15-9-25)30-19-24(23-6-7-28-29(18-23)39-34(43)35(28)10-12-36-13-11-35)17-26(22(30)3)32(41)37-20-27-31(44-4)16-21(2)38-33(27)42/h6-7,16-19,25,36H,5,8-15,20H2,1-4H3,(H,37,41)(H,38,42)(H,39,43). The molecule has 45 heavy (non-hydrogen) atoms. The number of hydrogen-bond acceptors (Lipinski definition) is 7. The number of carbonyl (C=O) groups is 2. The highest BCUT2D eigenvalue weighted by Gasteiger charge is 2.47. The van der Waals surface area contributed by atoms with E-state index >= 15 is 0 Å². The molecule has 10 nitrogen and oxygen atoms in total. The fraction of sp³-hybridized carbons (Fsp3) is 0.457. The predicted octanol–water partition coefficient (Wildman–Crippen LogP) is 4.18. The molecule has 2 fully saturated rings. The summed E-state index contributed by atoms with van der Waals surface area (Å²) >= 11 is 0. The van der Waals surface area contributed by atoms with E-state index in [1.807, 2.05) is 19.1 Å². The molecule has 3 aliphatic rings. The van der Waals surface area contributed by atoms with E-state index in [1.165, 1.54) is 7.11 Å². The maximum atomic E-state index is 13.9. The normalized spacial score (nSPS) is 17.6. The molecule has 2 amide bonds. The van der Waals surface area contributed by atoms with Crippen molar-refractivity contribution in [3.05, 3.63) is 74.7 Å². The number of benzene rings is 2. The summed E-state index contributed by atoms with van der Waals surface area (Å²) in [6.45, 7) is 9.76. The van der Waals surface area contributed by atoms with Crippen LogP contribution in [0.5, 0.6) is 5.75 Å². The molecule has 10 heteroatoms. The highest BCUT2D eigenvalue weighted by molar-refractivity contribution is 6.07. The van der Waals surface area contributed by atoms with E-state index in [4.69, 9.17) is 9.47 Å². The molecular weight excluding hydrogens is 570 g/mol. The molecular formula is C35H43N5O5. The van der Waals surface area contributed by atoms with Crippen molar-refractivity contribution >= 4 is 23.2 Å². The quantitative estimate of drug-likeness (QED) is 0.301. The summed E-state index contributed by atoms with van der Waals surface area (Å²) < 4.78 is 11.1. The van der Waals surface area contributed by atoms with Crippen molar-refractivity contribution in [2.45, 2.75) is 64.5 Å². The van der Waals surface area contributed by atoms with Gasteiger partial charge in [-0.1, -0.05) is 12.1 Å². The average molecular weight is 614 g/mol. The van der Waals surface area contributed by atoms with Crippen LogP contribution in [0.1, 0.15) is 65.3 Å². The lowest BCUT2D eigenvalue weighted by Crippen LogP contribution is -2.44. The van der Waals surface area contributed by atoms with E-state index in [0.717, 1.165) is 78.9 Å². The molecule has 0 unspecified atom stereocenters. The predicted molar refractivity (Wildman–Crippen MR) is 175 cm³/mol. The smallest absolute Gasteiger partial charge is 0.256 e. The molecule has 3 aromatic rings. The first-order valence-corrected chi connectivity index (χ1v) is 16.0. The van der Waals surface area contributed by atoms with Crippen LogP contribution in [0.4, 0.5) is 11.4 Å². The van der Waals surface area contributed by atoms with Crippen LogP contribution in [0, 0.1) is 13.8 Å². The molecule has 238 valence electrons. The molecule has 4 heterocycles. The average Bonchev–Trinajstić information content (AvgIpc) is 3.31. The minimum absolute atomic E-state index is 0.0237. The topological polar surface area (TPSA) is 125 Å². The second-order valence-corrected chi connectivity index (χ2v) is 12.4. The van der Waals surface area contributed by atoms with E-state index in [0.29, 0.717) is 41.8 Å². The molecule has 4 N–H and O–H groups in total. The van der Waals surface area contributed by atoms with Crippen LogP contribution < -0.4 is 31.1 Å². The molecule has 1 spiro atoms. The van der Waals surface area contributed by atoms with Crippen LogP contribution in [-0.2, 0) is 21.5 Å². The molecule has 0 radical (unpaired) electrons. The number of fused-ring (bicyclic) bond motifs is 2. The Balaban J connectivity index is 1.39. The lowest BCUT2D eigenvalue weighted by Gasteiger charge is -2.37. The Kier molecular flexibility index (Phi) is 8.70. The van der Waals surface area contributed by atoms with Crippen LogP contribution in [0.25, 0.3) is 11.1 Å². The number of anilines is 2. The number of ether oxygens (including phenoxy) is 2. The van der Waals surface area contributed by atoms with Gasteiger partial charge in [0.05, 0.1) is 24.6 Å². The van der Waals surface area contributed by atoms with Gasteiger partial charge in [-0.2, -0.15) is 0 Å². The number of hydrogen-bond donors (Lipinski definition) is 4. The Morgan fingerprint density at radius 3 is 2.53 bits per heavy atom. The van der Waals surface area contributed by atoms with Gasteiger partial charge in [0.2, 0.25) is 5.91 Å². The molecule has 0 aliphatic carbocycles. The first-order valence-electron chi connectivity index (χ1n) is 16.0. The lowest BCUT2D eigenvalue weighted by molar-refractivity contribution is -0.121. The fourth-order valence-corrected chi connectivity index (χ4v) is 7.28. The summed E-state index contributed by atoms with van der Waals surface area (Å²) in [6.07, 6.45) is 3.37. The maximum Gasteiger partial charge on any atom is 0.256 e. The summed E-state index contributed by atoms with van der Waals surface area (Å²) in [6, 6.07) is 12.3. The number of aryl methyl sites for hydroxylation is 1. The van der Waals surface area contributed by atoms with Gasteiger partial charge in [-0.25, -0.2) is 0 Å². The summed E-state index contributed by atoms with van der Waals surface area (Å²) in [5.74, 6) is 0.230. The van der Waals surface area contributed by atoms with Crippen molar-refractivity contribution in [1.29, 1.82) is 0 Å². The number of nitrogens with zero attached hydrogens (tertiary/aromatic N) is 1. The molecule has 0 saturated carbocycles. The van der Waals surface area contributed by atoms with E-state index in [2.05, 4.69) is 51.0 Å². The van der Waals surface area contributed by atoms with Crippen LogP contribution in [0.15, 0.2) is 41.2 Å². The van der Waals surface area contributed by atoms with Crippen molar-refractivity contribution in [3.63, 3.8) is 0 Å². The minimum Gasteiger partial charge on any atom is -0.496 e. The summed E-state index contributed by atoms with van der Waals surface area (Å²) in [5, 5.41) is 9.51. The number of H-pyrrole nitrogens is 1. The zero-order valence-electron chi connectivity index (χ0n) is 26.6. The molecule has 2 aromatic carbocycles. The fourth-order valence-electron chi connectivity index (χ4n) is 7.28. The minimum atomic E-state index is -0.487. The number of aromatic amines is 1. The van der Waals surface area contributed by atoms with Crippen molar-refractivity contribution < 1.29 is 19.1 Å². The van der Waals surface area contributed by atoms with E-state index in [-0.39, 0.29) is 23.9 Å². The third kappa shape index (κ3) is 5.73. The third-order valence-corrected chi connectivity index (χ3v) is 9.79. The summed E-state index contributed by atoms with van der Waals surface area (Å²) in [7, 11) is 1.51. The highest BCUT2D eigenvalue weighted by Crippen LogP contribution is 2.45. The summed E-state index contributed by atoms with van der Waals surface area (Å²) in [5.41, 5.74) is 6.39. The van der Waals surface area contributed by atoms with Gasteiger partial charge in [-0.05, 0) is 106 Å². The maximum absolute atomic E-state index is 13.9. The Labute approximate surface area is 263 Å². The number of rotatable bonds is 8. The van der Waals surface area contributed by atoms with Gasteiger partial charge in [-0.3, -0.25) is 14.4 Å². The van der Waals surface area contributed by atoms with Gasteiger partial charge in [0.1, 0.15) is 5.75 Å². The second-order valence-electron chi connectivity index (χ2n) is 12.4. The van der Waals surface area contributed by atoms with Gasteiger partial charge < -0.3 is 35.3 Å². The molecule has 2 saturated heterocycles. The number of methoxy groups -OCH3 is 1. The molecule has 3 aliphatic heterocycles. The van der Waals surface area contributed by atoms with Crippen molar-refractivity contribution in [2.24, 2.45) is 0 Å². The Morgan fingerprint density at radius 2 is 1.82 bits per heavy atom. The zero-order chi connectivity index (χ0) is 31.7. The number of nitrogens with one attached hydrogen (secondary N) is 4. The SMILES string of the molecule is CCN(c1cc(-c2ccc3c(c2)NC(=O)C32CCNCC2)cc(C(=O)NCc2c(OC)cc(C)[nH]c2=O)c1C)C1CCOCC1. The number of pyridine rings is 1. The summed E-state index contributed by atoms with van der Waals surface area (Å²) in [4.78, 5) is 45.0. The molecule has 1 aromatic heterocycles. The zero-order valence-corrected chi connectivity index (χ0v) is 26.6. The van der Waals surface area contributed by atoms with Gasteiger partial charge >= 0.3 is 0 Å². The number of carbonyl (C=O) groups excluding carboxylic acids is 2. The first-order chi connectivity index (χ1) is 21.8. The first kappa shape index (κ1) is 30.9. The van der Waals surface area contributed by atoms with E-state index < -0.39 is 5.41 Å². The van der Waals surface area contributed by atoms with E-state index in [9.17, 15) is 14.4 Å². The number of aromatic nitrogens is 1. The largest absolute Gasteiger partial charge is 0.496 e. The van der Waals surface area contributed by atoms with Gasteiger partial charge in [0.25, 0.3) is 11.5 Å². The number of amides is 2. The molecule has 6 rings (SSSR count). The van der Waals surface area contributed by atoms with Gasteiger partial charge in [-0.15, -0.1) is 0 Å². The highest BCUT2D eigenvalue weighted by atomic mass is 16.5. The molecule has 0 atom stereocenters. The Bertz CT molecular complexity index is 1670. The monoisotopic (exact) mass is 613 g/mol. The number of piperidine rings is 1. The van der Waals surface area contributed by atoms with Gasteiger partial charge in [0, 0.05) is 48.4 Å². The van der Waals surface area contributed by atoms with Crippen LogP contribution in [0.3, 0.4) is 0 Å². The van der Waals surface area contributed by atoms with Gasteiger partial charge in [0.15, 0.2) is 0 Å². The van der Waals surface area contributed by atoms with Crippen LogP contribution >= 0.6 is 0 Å².